The number of carbonyl (C=O) groups is 1. The molecule has 1 amide bonds. The Labute approximate surface area is 182 Å². The minimum absolute atomic E-state index is 0.202. The first-order chi connectivity index (χ1) is 14.5. The zero-order chi connectivity index (χ0) is 21.5. The van der Waals surface area contributed by atoms with E-state index in [1.54, 1.807) is 24.3 Å². The SMILES string of the molecule is COc1cc(Cl)c(N)cc1C(=O)NCC1CCN(CC[CH]c2ccc(F)cc2)CC1. The molecule has 0 aliphatic carbocycles. The Hall–Kier alpha value is -2.31. The zero-order valence-corrected chi connectivity index (χ0v) is 17.9. The second-order valence-electron chi connectivity index (χ2n) is 7.61. The molecule has 0 unspecified atom stereocenters. The normalized spacial score (nSPS) is 15.2. The molecule has 30 heavy (non-hydrogen) atoms. The minimum Gasteiger partial charge on any atom is -0.496 e. The lowest BCUT2D eigenvalue weighted by molar-refractivity contribution is 0.0933. The first-order valence-corrected chi connectivity index (χ1v) is 10.6. The van der Waals surface area contributed by atoms with Crippen LogP contribution < -0.4 is 15.8 Å². The number of carbonyl (C=O) groups excluding carboxylic acids is 1. The van der Waals surface area contributed by atoms with Crippen molar-refractivity contribution < 1.29 is 13.9 Å². The maximum Gasteiger partial charge on any atom is 0.255 e. The summed E-state index contributed by atoms with van der Waals surface area (Å²) in [7, 11) is 1.50. The van der Waals surface area contributed by atoms with Crippen molar-refractivity contribution in [2.45, 2.75) is 19.3 Å². The average molecular weight is 433 g/mol. The largest absolute Gasteiger partial charge is 0.496 e. The zero-order valence-electron chi connectivity index (χ0n) is 17.2. The molecule has 3 rings (SSSR count). The lowest BCUT2D eigenvalue weighted by Crippen LogP contribution is -2.39. The third-order valence-electron chi connectivity index (χ3n) is 5.52. The van der Waals surface area contributed by atoms with E-state index >= 15 is 0 Å². The number of likely N-dealkylation sites (tertiary alicyclic amines) is 1. The van der Waals surface area contributed by atoms with Crippen LogP contribution in [0.2, 0.25) is 5.02 Å². The summed E-state index contributed by atoms with van der Waals surface area (Å²) < 4.78 is 18.2. The van der Waals surface area contributed by atoms with Gasteiger partial charge in [-0.1, -0.05) is 23.7 Å². The van der Waals surface area contributed by atoms with Gasteiger partial charge in [-0.15, -0.1) is 0 Å². The molecule has 5 nitrogen and oxygen atoms in total. The van der Waals surface area contributed by atoms with Crippen molar-refractivity contribution in [3.05, 3.63) is 64.8 Å². The standard InChI is InChI=1S/C23H28ClFN3O2/c1-30-22-14-20(24)21(26)13-19(22)23(29)27-15-17-8-11-28(12-9-17)10-2-3-16-4-6-18(25)7-5-16/h3-7,13-14,17H,2,8-12,15,26H2,1H3,(H,27,29). The van der Waals surface area contributed by atoms with Crippen molar-refractivity contribution in [1.82, 2.24) is 10.2 Å². The van der Waals surface area contributed by atoms with E-state index in [0.717, 1.165) is 44.5 Å². The maximum atomic E-state index is 13.0. The Morgan fingerprint density at radius 2 is 2.00 bits per heavy atom. The monoisotopic (exact) mass is 432 g/mol. The van der Waals surface area contributed by atoms with Gasteiger partial charge in [0, 0.05) is 12.6 Å². The van der Waals surface area contributed by atoms with E-state index in [9.17, 15) is 9.18 Å². The number of methoxy groups -OCH3 is 1. The Bertz CT molecular complexity index is 852. The number of nitrogen functional groups attached to an aromatic ring is 1. The van der Waals surface area contributed by atoms with E-state index in [0.29, 0.717) is 34.5 Å². The fourth-order valence-corrected chi connectivity index (χ4v) is 3.83. The maximum absolute atomic E-state index is 13.0. The molecular formula is C23H28ClFN3O2. The highest BCUT2D eigenvalue weighted by Gasteiger charge is 2.21. The van der Waals surface area contributed by atoms with Gasteiger partial charge in [0.15, 0.2) is 0 Å². The van der Waals surface area contributed by atoms with E-state index < -0.39 is 0 Å². The van der Waals surface area contributed by atoms with E-state index in [1.807, 2.05) is 0 Å². The Kier molecular flexibility index (Phi) is 7.94. The minimum atomic E-state index is -0.209. The quantitative estimate of drug-likeness (QED) is 0.615. The van der Waals surface area contributed by atoms with Crippen LogP contribution >= 0.6 is 11.6 Å². The molecule has 0 bridgehead atoms. The first-order valence-electron chi connectivity index (χ1n) is 10.2. The highest BCUT2D eigenvalue weighted by molar-refractivity contribution is 6.33. The molecule has 0 aromatic heterocycles. The highest BCUT2D eigenvalue weighted by atomic mass is 35.5. The summed E-state index contributed by atoms with van der Waals surface area (Å²) in [5, 5.41) is 3.37. The van der Waals surface area contributed by atoms with Crippen LogP contribution in [0.25, 0.3) is 0 Å². The summed E-state index contributed by atoms with van der Waals surface area (Å²) >= 11 is 6.00. The molecular weight excluding hydrogens is 405 g/mol. The highest BCUT2D eigenvalue weighted by Crippen LogP contribution is 2.29. The number of ether oxygens (including phenoxy) is 1. The van der Waals surface area contributed by atoms with Crippen molar-refractivity contribution in [3.8, 4) is 5.75 Å². The van der Waals surface area contributed by atoms with Crippen LogP contribution in [0.5, 0.6) is 5.75 Å². The molecule has 1 fully saturated rings. The molecule has 2 aromatic carbocycles. The van der Waals surface area contributed by atoms with E-state index in [4.69, 9.17) is 22.1 Å². The number of hydrogen-bond donors (Lipinski definition) is 2. The number of amides is 1. The van der Waals surface area contributed by atoms with Crippen LogP contribution in [-0.4, -0.2) is 44.1 Å². The van der Waals surface area contributed by atoms with Crippen molar-refractivity contribution in [2.24, 2.45) is 5.92 Å². The molecule has 161 valence electrons. The molecule has 1 aliphatic heterocycles. The number of benzene rings is 2. The number of piperidine rings is 1. The molecule has 1 heterocycles. The fourth-order valence-electron chi connectivity index (χ4n) is 3.68. The molecule has 0 spiro atoms. The number of nitrogens with two attached hydrogens (primary N) is 1. The summed E-state index contributed by atoms with van der Waals surface area (Å²) in [5.41, 5.74) is 7.63. The van der Waals surface area contributed by atoms with Crippen LogP contribution in [-0.2, 0) is 0 Å². The van der Waals surface area contributed by atoms with Crippen molar-refractivity contribution in [1.29, 1.82) is 0 Å². The number of nitrogens with one attached hydrogen (secondary N) is 1. The fraction of sp³-hybridized carbons (Fsp3) is 0.391. The summed E-state index contributed by atoms with van der Waals surface area (Å²) in [5.74, 6) is 0.451. The predicted molar refractivity (Wildman–Crippen MR) is 118 cm³/mol. The number of nitrogens with zero attached hydrogens (tertiary/aromatic N) is 1. The summed E-state index contributed by atoms with van der Waals surface area (Å²) in [6.07, 6.45) is 5.15. The Morgan fingerprint density at radius 3 is 2.67 bits per heavy atom. The molecule has 2 aromatic rings. The second kappa shape index (κ2) is 10.6. The van der Waals surface area contributed by atoms with Gasteiger partial charge in [-0.3, -0.25) is 4.79 Å². The number of halogens is 2. The number of anilines is 1. The smallest absolute Gasteiger partial charge is 0.255 e. The van der Waals surface area contributed by atoms with Crippen molar-refractivity contribution >= 4 is 23.2 Å². The van der Waals surface area contributed by atoms with E-state index in [1.165, 1.54) is 19.2 Å². The van der Waals surface area contributed by atoms with E-state index in [2.05, 4.69) is 16.6 Å². The summed E-state index contributed by atoms with van der Waals surface area (Å²) in [6, 6.07) is 9.68. The topological polar surface area (TPSA) is 67.6 Å². The third-order valence-corrected chi connectivity index (χ3v) is 5.84. The van der Waals surface area contributed by atoms with Crippen LogP contribution in [0.4, 0.5) is 10.1 Å². The van der Waals surface area contributed by atoms with Gasteiger partial charge in [0.05, 0.1) is 23.4 Å². The molecule has 7 heteroatoms. The molecule has 1 radical (unpaired) electrons. The van der Waals surface area contributed by atoms with Crippen LogP contribution in [0.15, 0.2) is 36.4 Å². The number of hydrogen-bond acceptors (Lipinski definition) is 4. The molecule has 1 saturated heterocycles. The van der Waals surface area contributed by atoms with Crippen molar-refractivity contribution in [2.75, 3.05) is 39.0 Å². The van der Waals surface area contributed by atoms with Crippen LogP contribution in [0.1, 0.15) is 35.2 Å². The molecule has 0 atom stereocenters. The number of rotatable bonds is 8. The molecule has 0 saturated carbocycles. The summed E-state index contributed by atoms with van der Waals surface area (Å²) in [6.45, 7) is 3.63. The van der Waals surface area contributed by atoms with Gasteiger partial charge >= 0.3 is 0 Å². The van der Waals surface area contributed by atoms with Gasteiger partial charge in [-0.25, -0.2) is 4.39 Å². The predicted octanol–water partition coefficient (Wildman–Crippen LogP) is 4.15. The van der Waals surface area contributed by atoms with Crippen molar-refractivity contribution in [3.63, 3.8) is 0 Å². The molecule has 3 N–H and O–H groups in total. The van der Waals surface area contributed by atoms with Gasteiger partial charge < -0.3 is 20.7 Å². The Morgan fingerprint density at radius 1 is 1.30 bits per heavy atom. The van der Waals surface area contributed by atoms with Gasteiger partial charge in [-0.2, -0.15) is 0 Å². The summed E-state index contributed by atoms with van der Waals surface area (Å²) in [4.78, 5) is 15.0. The Balaban J connectivity index is 1.39. The average Bonchev–Trinajstić information content (AvgIpc) is 2.76. The first kappa shape index (κ1) is 22.4. The van der Waals surface area contributed by atoms with Gasteiger partial charge in [0.1, 0.15) is 11.6 Å². The van der Waals surface area contributed by atoms with Crippen LogP contribution in [0.3, 0.4) is 0 Å². The third kappa shape index (κ3) is 6.09. The second-order valence-corrected chi connectivity index (χ2v) is 8.02. The van der Waals surface area contributed by atoms with E-state index in [-0.39, 0.29) is 11.7 Å². The lowest BCUT2D eigenvalue weighted by atomic mass is 9.96. The van der Waals surface area contributed by atoms with Crippen LogP contribution in [0, 0.1) is 18.2 Å². The van der Waals surface area contributed by atoms with Gasteiger partial charge in [0.2, 0.25) is 0 Å². The lowest BCUT2D eigenvalue weighted by Gasteiger charge is -2.32. The molecule has 1 aliphatic rings. The van der Waals surface area contributed by atoms with Gasteiger partial charge in [0.25, 0.3) is 5.91 Å². The van der Waals surface area contributed by atoms with Gasteiger partial charge in [-0.05, 0) is 75.0 Å².